The second kappa shape index (κ2) is 14.5. The lowest BCUT2D eigenvalue weighted by molar-refractivity contribution is -0.140. The van der Waals surface area contributed by atoms with E-state index in [1.165, 1.54) is 23.1 Å². The molecule has 0 aliphatic carbocycles. The van der Waals surface area contributed by atoms with Crippen molar-refractivity contribution in [3.63, 3.8) is 0 Å². The van der Waals surface area contributed by atoms with E-state index in [9.17, 15) is 18.0 Å². The molecule has 1 atom stereocenters. The fraction of sp³-hybridized carbons (Fsp3) is 0.257. The van der Waals surface area contributed by atoms with Crippen LogP contribution < -0.4 is 9.62 Å². The van der Waals surface area contributed by atoms with Crippen LogP contribution in [0.5, 0.6) is 0 Å². The Bertz CT molecular complexity index is 1740. The lowest BCUT2D eigenvalue weighted by Crippen LogP contribution is -2.56. The van der Waals surface area contributed by atoms with Crippen LogP contribution >= 0.6 is 23.2 Å². The minimum Gasteiger partial charge on any atom is -0.350 e. The van der Waals surface area contributed by atoms with Crippen molar-refractivity contribution in [1.82, 2.24) is 10.2 Å². The van der Waals surface area contributed by atoms with Gasteiger partial charge in [0.15, 0.2) is 0 Å². The molecule has 0 spiro atoms. The van der Waals surface area contributed by atoms with Gasteiger partial charge in [0.1, 0.15) is 12.6 Å². The molecule has 4 aromatic carbocycles. The highest BCUT2D eigenvalue weighted by Gasteiger charge is 2.36. The molecule has 10 heteroatoms. The van der Waals surface area contributed by atoms with Gasteiger partial charge in [-0.15, -0.1) is 0 Å². The topological polar surface area (TPSA) is 86.8 Å². The molecule has 0 heterocycles. The van der Waals surface area contributed by atoms with E-state index >= 15 is 0 Å². The van der Waals surface area contributed by atoms with Crippen LogP contribution in [-0.4, -0.2) is 43.3 Å². The number of benzene rings is 4. The molecule has 7 nitrogen and oxygen atoms in total. The third kappa shape index (κ3) is 9.10. The van der Waals surface area contributed by atoms with E-state index in [1.807, 2.05) is 57.2 Å². The van der Waals surface area contributed by atoms with Gasteiger partial charge in [-0.2, -0.15) is 0 Å². The van der Waals surface area contributed by atoms with Crippen LogP contribution in [0.4, 0.5) is 5.69 Å². The van der Waals surface area contributed by atoms with Gasteiger partial charge in [-0.25, -0.2) is 8.42 Å². The maximum absolute atomic E-state index is 14.6. The number of nitrogens with zero attached hydrogens (tertiary/aromatic N) is 2. The van der Waals surface area contributed by atoms with Gasteiger partial charge in [-0.3, -0.25) is 13.9 Å². The predicted octanol–water partition coefficient (Wildman–Crippen LogP) is 7.05. The van der Waals surface area contributed by atoms with E-state index in [-0.39, 0.29) is 29.5 Å². The van der Waals surface area contributed by atoms with Crippen LogP contribution in [0.25, 0.3) is 0 Å². The molecule has 0 bridgehead atoms. The molecular weight excluding hydrogens is 629 g/mol. The average Bonchev–Trinajstić information content (AvgIpc) is 2.99. The summed E-state index contributed by atoms with van der Waals surface area (Å²) in [4.78, 5) is 30.0. The highest BCUT2D eigenvalue weighted by atomic mass is 35.5. The van der Waals surface area contributed by atoms with Crippen LogP contribution in [-0.2, 0) is 32.6 Å². The van der Waals surface area contributed by atoms with Gasteiger partial charge in [0.2, 0.25) is 11.8 Å². The third-order valence-corrected chi connectivity index (χ3v) is 9.31. The maximum Gasteiger partial charge on any atom is 0.264 e. The Morgan fingerprint density at radius 2 is 1.40 bits per heavy atom. The summed E-state index contributed by atoms with van der Waals surface area (Å²) < 4.78 is 29.4. The van der Waals surface area contributed by atoms with E-state index in [0.29, 0.717) is 21.2 Å². The quantitative estimate of drug-likeness (QED) is 0.186. The molecule has 2 amide bonds. The first kappa shape index (κ1) is 34.0. The summed E-state index contributed by atoms with van der Waals surface area (Å²) in [7, 11) is -4.23. The van der Waals surface area contributed by atoms with E-state index in [4.69, 9.17) is 23.2 Å². The molecule has 0 aliphatic heterocycles. The summed E-state index contributed by atoms with van der Waals surface area (Å²) in [6.07, 6.45) is 0.205. The van der Waals surface area contributed by atoms with Gasteiger partial charge < -0.3 is 10.2 Å². The Balaban J connectivity index is 1.84. The van der Waals surface area contributed by atoms with Gasteiger partial charge in [-0.1, -0.05) is 89.9 Å². The lowest BCUT2D eigenvalue weighted by Gasteiger charge is -2.35. The highest BCUT2D eigenvalue weighted by Crippen LogP contribution is 2.30. The van der Waals surface area contributed by atoms with Crippen LogP contribution in [0.3, 0.4) is 0 Å². The minimum absolute atomic E-state index is 0.0161. The Hall–Kier alpha value is -3.85. The van der Waals surface area contributed by atoms with Crippen molar-refractivity contribution < 1.29 is 18.0 Å². The van der Waals surface area contributed by atoms with E-state index in [2.05, 4.69) is 5.32 Å². The fourth-order valence-corrected chi connectivity index (χ4v) is 6.79. The standard InChI is InChI=1S/C35H37Cl2N3O4S/c1-25-18-19-29(37)22-31(25)40(45(43,44)30-16-9-6-10-17-30)24-33(41)39(23-27-14-11-15-28(36)20-27)32(34(42)38-35(2,3)4)21-26-12-7-5-8-13-26/h5-20,22,32H,21,23-24H2,1-4H3,(H,38,42)/t32-/m0/s1. The second-order valence-corrected chi connectivity index (χ2v) is 14.6. The minimum atomic E-state index is -4.23. The molecule has 4 aromatic rings. The molecule has 4 rings (SSSR count). The molecule has 0 saturated heterocycles. The Morgan fingerprint density at radius 3 is 2.02 bits per heavy atom. The van der Waals surface area contributed by atoms with Gasteiger partial charge in [0.25, 0.3) is 10.0 Å². The van der Waals surface area contributed by atoms with E-state index in [0.717, 1.165) is 9.87 Å². The van der Waals surface area contributed by atoms with Gasteiger partial charge in [0, 0.05) is 28.5 Å². The Labute approximate surface area is 275 Å². The number of amides is 2. The van der Waals surface area contributed by atoms with Crippen molar-refractivity contribution in [1.29, 1.82) is 0 Å². The van der Waals surface area contributed by atoms with Crippen molar-refractivity contribution >= 4 is 50.7 Å². The molecular formula is C35H37Cl2N3O4S. The van der Waals surface area contributed by atoms with Crippen LogP contribution in [0.15, 0.2) is 108 Å². The first-order valence-electron chi connectivity index (χ1n) is 14.5. The average molecular weight is 667 g/mol. The molecule has 0 radical (unpaired) electrons. The summed E-state index contributed by atoms with van der Waals surface area (Å²) in [5.74, 6) is -0.933. The zero-order chi connectivity index (χ0) is 32.8. The smallest absolute Gasteiger partial charge is 0.264 e. The van der Waals surface area contributed by atoms with Crippen molar-refractivity contribution in [2.45, 2.75) is 57.1 Å². The molecule has 1 N–H and O–H groups in total. The van der Waals surface area contributed by atoms with Crippen LogP contribution in [0, 0.1) is 6.92 Å². The normalized spacial score (nSPS) is 12.3. The zero-order valence-electron chi connectivity index (χ0n) is 25.7. The number of aryl methyl sites for hydroxylation is 1. The summed E-state index contributed by atoms with van der Waals surface area (Å²) in [5, 5.41) is 3.81. The first-order valence-corrected chi connectivity index (χ1v) is 16.7. The number of anilines is 1. The number of hydrogen-bond donors (Lipinski definition) is 1. The van der Waals surface area contributed by atoms with E-state index in [1.54, 1.807) is 55.5 Å². The monoisotopic (exact) mass is 665 g/mol. The molecule has 0 saturated carbocycles. The summed E-state index contributed by atoms with van der Waals surface area (Å²) in [6.45, 7) is 6.79. The molecule has 0 fully saturated rings. The zero-order valence-corrected chi connectivity index (χ0v) is 28.0. The number of carbonyl (C=O) groups excluding carboxylic acids is 2. The van der Waals surface area contributed by atoms with Crippen LogP contribution in [0.1, 0.15) is 37.5 Å². The fourth-order valence-electron chi connectivity index (χ4n) is 4.92. The second-order valence-electron chi connectivity index (χ2n) is 11.9. The van der Waals surface area contributed by atoms with Gasteiger partial charge in [0.05, 0.1) is 10.6 Å². The number of rotatable bonds is 11. The van der Waals surface area contributed by atoms with Crippen molar-refractivity contribution in [3.8, 4) is 0 Å². The number of sulfonamides is 1. The predicted molar refractivity (Wildman–Crippen MR) is 181 cm³/mol. The Kier molecular flexibility index (Phi) is 11.0. The summed E-state index contributed by atoms with van der Waals surface area (Å²) in [5.41, 5.74) is 1.82. The first-order chi connectivity index (χ1) is 21.2. The molecule has 0 aliphatic rings. The van der Waals surface area contributed by atoms with Crippen molar-refractivity contribution in [2.24, 2.45) is 0 Å². The Morgan fingerprint density at radius 1 is 0.800 bits per heavy atom. The molecule has 0 aromatic heterocycles. The SMILES string of the molecule is Cc1ccc(Cl)cc1N(CC(=O)N(Cc1cccc(Cl)c1)[C@@H](Cc1ccccc1)C(=O)NC(C)(C)C)S(=O)(=O)c1ccccc1. The van der Waals surface area contributed by atoms with Crippen molar-refractivity contribution in [3.05, 3.63) is 130 Å². The van der Waals surface area contributed by atoms with Crippen LogP contribution in [0.2, 0.25) is 10.0 Å². The van der Waals surface area contributed by atoms with Gasteiger partial charge in [-0.05, 0) is 80.8 Å². The molecule has 45 heavy (non-hydrogen) atoms. The lowest BCUT2D eigenvalue weighted by atomic mass is 10.0. The summed E-state index contributed by atoms with van der Waals surface area (Å²) in [6, 6.07) is 28.3. The number of nitrogens with one attached hydrogen (secondary N) is 1. The molecule has 236 valence electrons. The van der Waals surface area contributed by atoms with E-state index < -0.39 is 34.1 Å². The highest BCUT2D eigenvalue weighted by molar-refractivity contribution is 7.92. The number of hydrogen-bond acceptors (Lipinski definition) is 4. The number of carbonyl (C=O) groups is 2. The number of halogens is 2. The largest absolute Gasteiger partial charge is 0.350 e. The van der Waals surface area contributed by atoms with Gasteiger partial charge >= 0.3 is 0 Å². The summed E-state index contributed by atoms with van der Waals surface area (Å²) >= 11 is 12.6. The van der Waals surface area contributed by atoms with Crippen molar-refractivity contribution in [2.75, 3.05) is 10.8 Å². The molecule has 0 unspecified atom stereocenters. The third-order valence-electron chi connectivity index (χ3n) is 7.06. The maximum atomic E-state index is 14.6.